The Morgan fingerprint density at radius 1 is 1.45 bits per heavy atom. The van der Waals surface area contributed by atoms with E-state index in [1.807, 2.05) is 25.1 Å². The first-order chi connectivity index (χ1) is 9.63. The molecule has 6 heteroatoms. The molecule has 2 aliphatic rings. The molecular weight excluding hydrogens is 274 g/mol. The molecule has 3 N–H and O–H groups in total. The number of rotatable bonds is 3. The molecular formula is C14H17N3O2S. The van der Waals surface area contributed by atoms with Crippen LogP contribution < -0.4 is 16.0 Å². The maximum absolute atomic E-state index is 12.1. The van der Waals surface area contributed by atoms with E-state index < -0.39 is 0 Å². The zero-order valence-corrected chi connectivity index (χ0v) is 12.0. The lowest BCUT2D eigenvalue weighted by Crippen LogP contribution is -2.48. The van der Waals surface area contributed by atoms with E-state index in [9.17, 15) is 9.59 Å². The zero-order chi connectivity index (χ0) is 14.1. The summed E-state index contributed by atoms with van der Waals surface area (Å²) in [6.07, 6.45) is 0. The van der Waals surface area contributed by atoms with E-state index in [1.165, 1.54) is 11.8 Å². The van der Waals surface area contributed by atoms with Crippen LogP contribution in [0.25, 0.3) is 0 Å². The highest BCUT2D eigenvalue weighted by atomic mass is 32.2. The van der Waals surface area contributed by atoms with Crippen molar-refractivity contribution in [3.8, 4) is 0 Å². The summed E-state index contributed by atoms with van der Waals surface area (Å²) in [4.78, 5) is 24.6. The van der Waals surface area contributed by atoms with E-state index in [0.29, 0.717) is 11.7 Å². The van der Waals surface area contributed by atoms with Crippen LogP contribution in [0.5, 0.6) is 0 Å². The molecule has 20 heavy (non-hydrogen) atoms. The van der Waals surface area contributed by atoms with Crippen LogP contribution in [-0.2, 0) is 9.59 Å². The van der Waals surface area contributed by atoms with Gasteiger partial charge in [-0.1, -0.05) is 6.92 Å². The molecule has 0 radical (unpaired) electrons. The Kier molecular flexibility index (Phi) is 3.67. The van der Waals surface area contributed by atoms with Crippen molar-refractivity contribution < 1.29 is 9.59 Å². The van der Waals surface area contributed by atoms with E-state index in [1.54, 1.807) is 0 Å². The fourth-order valence-corrected chi connectivity index (χ4v) is 3.08. The Bertz CT molecular complexity index is 557. The molecule has 2 heterocycles. The van der Waals surface area contributed by atoms with Crippen molar-refractivity contribution in [1.29, 1.82) is 0 Å². The van der Waals surface area contributed by atoms with Crippen LogP contribution in [0.4, 0.5) is 11.4 Å². The number of anilines is 2. The SMILES string of the molecule is CC(C(=O)Nc1ccc2c(c1)NC(=O)CS2)C1CNC1. The summed E-state index contributed by atoms with van der Waals surface area (Å²) < 4.78 is 0. The topological polar surface area (TPSA) is 70.2 Å². The van der Waals surface area contributed by atoms with Gasteiger partial charge in [-0.15, -0.1) is 11.8 Å². The van der Waals surface area contributed by atoms with Crippen molar-refractivity contribution in [2.24, 2.45) is 11.8 Å². The molecule has 0 bridgehead atoms. The molecule has 1 saturated heterocycles. The average Bonchev–Trinajstić information content (AvgIpc) is 2.36. The van der Waals surface area contributed by atoms with Gasteiger partial charge in [0.2, 0.25) is 11.8 Å². The van der Waals surface area contributed by atoms with Crippen LogP contribution in [0.3, 0.4) is 0 Å². The van der Waals surface area contributed by atoms with Crippen molar-refractivity contribution in [3.05, 3.63) is 18.2 Å². The summed E-state index contributed by atoms with van der Waals surface area (Å²) in [6, 6.07) is 5.64. The third kappa shape index (κ3) is 2.66. The molecule has 1 fully saturated rings. The molecule has 1 aromatic carbocycles. The Balaban J connectivity index is 1.69. The van der Waals surface area contributed by atoms with E-state index >= 15 is 0 Å². The fraction of sp³-hybridized carbons (Fsp3) is 0.429. The van der Waals surface area contributed by atoms with Gasteiger partial charge >= 0.3 is 0 Å². The Hall–Kier alpha value is -1.53. The molecule has 0 saturated carbocycles. The Morgan fingerprint density at radius 3 is 2.95 bits per heavy atom. The highest BCUT2D eigenvalue weighted by molar-refractivity contribution is 8.00. The minimum atomic E-state index is -0.00347. The molecule has 5 nitrogen and oxygen atoms in total. The monoisotopic (exact) mass is 291 g/mol. The van der Waals surface area contributed by atoms with Gasteiger partial charge in [0, 0.05) is 16.5 Å². The predicted octanol–water partition coefficient (Wildman–Crippen LogP) is 1.52. The first-order valence-electron chi connectivity index (χ1n) is 6.72. The number of carbonyl (C=O) groups is 2. The van der Waals surface area contributed by atoms with E-state index in [2.05, 4.69) is 16.0 Å². The van der Waals surface area contributed by atoms with Gasteiger partial charge in [0.05, 0.1) is 11.4 Å². The van der Waals surface area contributed by atoms with Crippen LogP contribution >= 0.6 is 11.8 Å². The normalized spacial score (nSPS) is 19.6. The summed E-state index contributed by atoms with van der Waals surface area (Å²) in [6.45, 7) is 3.77. The van der Waals surface area contributed by atoms with Crippen LogP contribution in [0.1, 0.15) is 6.92 Å². The van der Waals surface area contributed by atoms with Gasteiger partial charge < -0.3 is 16.0 Å². The molecule has 0 aromatic heterocycles. The van der Waals surface area contributed by atoms with Gasteiger partial charge in [-0.2, -0.15) is 0 Å². The van der Waals surface area contributed by atoms with Crippen LogP contribution in [0.15, 0.2) is 23.1 Å². The third-order valence-electron chi connectivity index (χ3n) is 3.81. The van der Waals surface area contributed by atoms with Gasteiger partial charge in [-0.25, -0.2) is 0 Å². The number of thioether (sulfide) groups is 1. The quantitative estimate of drug-likeness (QED) is 0.790. The Labute approximate surface area is 121 Å². The largest absolute Gasteiger partial charge is 0.326 e. The maximum Gasteiger partial charge on any atom is 0.234 e. The number of hydrogen-bond acceptors (Lipinski definition) is 4. The van der Waals surface area contributed by atoms with E-state index in [4.69, 9.17) is 0 Å². The minimum Gasteiger partial charge on any atom is -0.326 e. The summed E-state index contributed by atoms with van der Waals surface area (Å²) in [7, 11) is 0. The molecule has 1 unspecified atom stereocenters. The second-order valence-electron chi connectivity index (χ2n) is 5.24. The lowest BCUT2D eigenvalue weighted by atomic mass is 9.88. The first-order valence-corrected chi connectivity index (χ1v) is 7.70. The lowest BCUT2D eigenvalue weighted by molar-refractivity contribution is -0.121. The van der Waals surface area contributed by atoms with Crippen LogP contribution in [0.2, 0.25) is 0 Å². The van der Waals surface area contributed by atoms with Crippen LogP contribution in [0, 0.1) is 11.8 Å². The molecule has 2 aliphatic heterocycles. The number of benzene rings is 1. The summed E-state index contributed by atoms with van der Waals surface area (Å²) >= 11 is 1.52. The predicted molar refractivity (Wildman–Crippen MR) is 79.9 cm³/mol. The number of nitrogens with one attached hydrogen (secondary N) is 3. The van der Waals surface area contributed by atoms with Gasteiger partial charge in [0.15, 0.2) is 0 Å². The van der Waals surface area contributed by atoms with Crippen molar-refractivity contribution in [3.63, 3.8) is 0 Å². The third-order valence-corrected chi connectivity index (χ3v) is 4.89. The molecule has 3 rings (SSSR count). The maximum atomic E-state index is 12.1. The standard InChI is InChI=1S/C14H17N3O2S/c1-8(9-5-15-6-9)14(19)16-10-2-3-12-11(4-10)17-13(18)7-20-12/h2-4,8-9,15H,5-7H2,1H3,(H,16,19)(H,17,18). The number of amides is 2. The smallest absolute Gasteiger partial charge is 0.234 e. The molecule has 1 atom stereocenters. The number of fused-ring (bicyclic) bond motifs is 1. The molecule has 0 spiro atoms. The second kappa shape index (κ2) is 5.46. The number of hydrogen-bond donors (Lipinski definition) is 3. The van der Waals surface area contributed by atoms with Gasteiger partial charge in [-0.05, 0) is 37.2 Å². The summed E-state index contributed by atoms with van der Waals surface area (Å²) in [5, 5.41) is 8.93. The van der Waals surface area contributed by atoms with Crippen LogP contribution in [-0.4, -0.2) is 30.7 Å². The Morgan fingerprint density at radius 2 is 2.25 bits per heavy atom. The second-order valence-corrected chi connectivity index (χ2v) is 6.26. The van der Waals surface area contributed by atoms with Gasteiger partial charge in [0.25, 0.3) is 0 Å². The summed E-state index contributed by atoms with van der Waals surface area (Å²) in [5.74, 6) is 0.898. The van der Waals surface area contributed by atoms with Crippen molar-refractivity contribution in [1.82, 2.24) is 5.32 Å². The lowest BCUT2D eigenvalue weighted by Gasteiger charge is -2.31. The highest BCUT2D eigenvalue weighted by Gasteiger charge is 2.28. The first kappa shape index (κ1) is 13.5. The minimum absolute atomic E-state index is 0.000105. The average molecular weight is 291 g/mol. The van der Waals surface area contributed by atoms with Crippen molar-refractivity contribution in [2.45, 2.75) is 11.8 Å². The molecule has 106 valence electrons. The summed E-state index contributed by atoms with van der Waals surface area (Å²) in [5.41, 5.74) is 1.51. The molecule has 1 aromatic rings. The number of carbonyl (C=O) groups excluding carboxylic acids is 2. The van der Waals surface area contributed by atoms with E-state index in [0.717, 1.165) is 29.4 Å². The molecule has 0 aliphatic carbocycles. The zero-order valence-electron chi connectivity index (χ0n) is 11.2. The fourth-order valence-electron chi connectivity index (χ4n) is 2.30. The highest BCUT2D eigenvalue weighted by Crippen LogP contribution is 2.33. The van der Waals surface area contributed by atoms with Crippen molar-refractivity contribution >= 4 is 35.0 Å². The van der Waals surface area contributed by atoms with Crippen molar-refractivity contribution in [2.75, 3.05) is 29.5 Å². The molecule has 2 amide bonds. The van der Waals surface area contributed by atoms with E-state index in [-0.39, 0.29) is 17.7 Å². The van der Waals surface area contributed by atoms with Gasteiger partial charge in [0.1, 0.15) is 0 Å². The van der Waals surface area contributed by atoms with Gasteiger partial charge in [-0.3, -0.25) is 9.59 Å².